The molecule has 3 nitrogen and oxygen atoms in total. The van der Waals surface area contributed by atoms with Gasteiger partial charge in [0.15, 0.2) is 0 Å². The van der Waals surface area contributed by atoms with Gasteiger partial charge in [-0.2, -0.15) is 0 Å². The predicted molar refractivity (Wildman–Crippen MR) is 65.3 cm³/mol. The van der Waals surface area contributed by atoms with Crippen molar-refractivity contribution in [2.75, 3.05) is 18.8 Å². The standard InChI is InChI=1S/C13H18N2O/c1-9-3-4-12(14)11(7-9)13(16)15-6-5-10(2)8-15/h3-4,7,10H,5-6,8,14H2,1-2H3. The number of nitrogens with zero attached hydrogens (tertiary/aromatic N) is 1. The Morgan fingerprint density at radius 2 is 2.25 bits per heavy atom. The molecule has 0 radical (unpaired) electrons. The smallest absolute Gasteiger partial charge is 0.255 e. The second kappa shape index (κ2) is 4.16. The highest BCUT2D eigenvalue weighted by Gasteiger charge is 2.25. The lowest BCUT2D eigenvalue weighted by Crippen LogP contribution is -2.29. The van der Waals surface area contributed by atoms with Crippen molar-refractivity contribution in [2.45, 2.75) is 20.3 Å². The third kappa shape index (κ3) is 2.03. The summed E-state index contributed by atoms with van der Waals surface area (Å²) in [5, 5.41) is 0. The van der Waals surface area contributed by atoms with E-state index in [0.717, 1.165) is 25.1 Å². The number of carbonyl (C=O) groups is 1. The van der Waals surface area contributed by atoms with Crippen molar-refractivity contribution in [1.82, 2.24) is 4.90 Å². The molecule has 1 aromatic carbocycles. The Morgan fingerprint density at radius 3 is 2.88 bits per heavy atom. The normalized spacial score (nSPS) is 20.1. The van der Waals surface area contributed by atoms with E-state index in [0.29, 0.717) is 17.2 Å². The van der Waals surface area contributed by atoms with E-state index >= 15 is 0 Å². The van der Waals surface area contributed by atoms with Crippen molar-refractivity contribution < 1.29 is 4.79 Å². The predicted octanol–water partition coefficient (Wildman–Crippen LogP) is 2.06. The molecule has 0 spiro atoms. The maximum atomic E-state index is 12.2. The molecule has 16 heavy (non-hydrogen) atoms. The maximum absolute atomic E-state index is 12.2. The van der Waals surface area contributed by atoms with Crippen LogP contribution in [0.3, 0.4) is 0 Å². The Balaban J connectivity index is 2.23. The summed E-state index contributed by atoms with van der Waals surface area (Å²) in [5.74, 6) is 0.681. The molecule has 1 aliphatic rings. The lowest BCUT2D eigenvalue weighted by molar-refractivity contribution is 0.0789. The number of anilines is 1. The quantitative estimate of drug-likeness (QED) is 0.733. The minimum atomic E-state index is 0.0746. The lowest BCUT2D eigenvalue weighted by Gasteiger charge is -2.17. The molecule has 2 rings (SSSR count). The van der Waals surface area contributed by atoms with Gasteiger partial charge in [-0.1, -0.05) is 18.6 Å². The topological polar surface area (TPSA) is 46.3 Å². The second-order valence-electron chi connectivity index (χ2n) is 4.74. The number of carbonyl (C=O) groups excluding carboxylic acids is 1. The van der Waals surface area contributed by atoms with Crippen LogP contribution < -0.4 is 5.73 Å². The van der Waals surface area contributed by atoms with Crippen LogP contribution in [-0.4, -0.2) is 23.9 Å². The van der Waals surface area contributed by atoms with Gasteiger partial charge in [-0.25, -0.2) is 0 Å². The molecule has 0 bridgehead atoms. The van der Waals surface area contributed by atoms with E-state index in [4.69, 9.17) is 5.73 Å². The van der Waals surface area contributed by atoms with Gasteiger partial charge in [-0.15, -0.1) is 0 Å². The zero-order valence-electron chi connectivity index (χ0n) is 9.86. The van der Waals surface area contributed by atoms with Gasteiger partial charge in [0.1, 0.15) is 0 Å². The lowest BCUT2D eigenvalue weighted by atomic mass is 10.1. The molecular weight excluding hydrogens is 200 g/mol. The van der Waals surface area contributed by atoms with Crippen molar-refractivity contribution in [2.24, 2.45) is 5.92 Å². The molecule has 1 aliphatic heterocycles. The fraction of sp³-hybridized carbons (Fsp3) is 0.462. The molecule has 1 aromatic rings. The molecule has 1 unspecified atom stereocenters. The van der Waals surface area contributed by atoms with Crippen molar-refractivity contribution in [1.29, 1.82) is 0 Å². The van der Waals surface area contributed by atoms with E-state index in [1.54, 1.807) is 0 Å². The monoisotopic (exact) mass is 218 g/mol. The minimum Gasteiger partial charge on any atom is -0.398 e. The maximum Gasteiger partial charge on any atom is 0.255 e. The van der Waals surface area contributed by atoms with Gasteiger partial charge < -0.3 is 10.6 Å². The molecule has 0 aromatic heterocycles. The van der Waals surface area contributed by atoms with E-state index in [1.165, 1.54) is 0 Å². The average Bonchev–Trinajstić information content (AvgIpc) is 2.67. The van der Waals surface area contributed by atoms with Gasteiger partial charge >= 0.3 is 0 Å². The number of aryl methyl sites for hydroxylation is 1. The zero-order valence-corrected chi connectivity index (χ0v) is 9.86. The van der Waals surface area contributed by atoms with Crippen molar-refractivity contribution in [3.05, 3.63) is 29.3 Å². The summed E-state index contributed by atoms with van der Waals surface area (Å²) in [6.45, 7) is 5.86. The fourth-order valence-electron chi connectivity index (χ4n) is 2.15. The Morgan fingerprint density at radius 1 is 1.50 bits per heavy atom. The van der Waals surface area contributed by atoms with Crippen molar-refractivity contribution >= 4 is 11.6 Å². The number of hydrogen-bond donors (Lipinski definition) is 1. The van der Waals surface area contributed by atoms with Gasteiger partial charge in [-0.3, -0.25) is 4.79 Å². The van der Waals surface area contributed by atoms with E-state index in [-0.39, 0.29) is 5.91 Å². The van der Waals surface area contributed by atoms with E-state index in [1.807, 2.05) is 30.0 Å². The van der Waals surface area contributed by atoms with E-state index < -0.39 is 0 Å². The molecular formula is C13H18N2O. The van der Waals surface area contributed by atoms with Gasteiger partial charge in [0.2, 0.25) is 0 Å². The van der Waals surface area contributed by atoms with Crippen LogP contribution in [0, 0.1) is 12.8 Å². The fourth-order valence-corrected chi connectivity index (χ4v) is 2.15. The summed E-state index contributed by atoms with van der Waals surface area (Å²) in [7, 11) is 0. The molecule has 3 heteroatoms. The number of benzene rings is 1. The summed E-state index contributed by atoms with van der Waals surface area (Å²) in [4.78, 5) is 14.1. The first-order chi connectivity index (χ1) is 7.58. The number of likely N-dealkylation sites (tertiary alicyclic amines) is 1. The van der Waals surface area contributed by atoms with Crippen molar-refractivity contribution in [3.63, 3.8) is 0 Å². The summed E-state index contributed by atoms with van der Waals surface area (Å²) in [6.07, 6.45) is 1.09. The second-order valence-corrected chi connectivity index (χ2v) is 4.74. The molecule has 1 amide bonds. The van der Waals surface area contributed by atoms with E-state index in [2.05, 4.69) is 6.92 Å². The first kappa shape index (κ1) is 11.0. The average molecular weight is 218 g/mol. The molecule has 0 saturated carbocycles. The van der Waals surface area contributed by atoms with Gasteiger partial charge in [0.25, 0.3) is 5.91 Å². The number of nitrogen functional groups attached to an aromatic ring is 1. The largest absolute Gasteiger partial charge is 0.398 e. The first-order valence-electron chi connectivity index (χ1n) is 5.73. The van der Waals surface area contributed by atoms with Crippen LogP contribution in [0.4, 0.5) is 5.69 Å². The van der Waals surface area contributed by atoms with Crippen LogP contribution in [-0.2, 0) is 0 Å². The summed E-state index contributed by atoms with van der Waals surface area (Å²) in [5.41, 5.74) is 8.15. The highest BCUT2D eigenvalue weighted by molar-refractivity contribution is 5.99. The molecule has 2 N–H and O–H groups in total. The van der Waals surface area contributed by atoms with Crippen LogP contribution >= 0.6 is 0 Å². The molecule has 1 heterocycles. The van der Waals surface area contributed by atoms with Crippen LogP contribution in [0.1, 0.15) is 29.3 Å². The molecule has 1 saturated heterocycles. The molecule has 1 atom stereocenters. The number of amides is 1. The van der Waals surface area contributed by atoms with Crippen LogP contribution in [0.15, 0.2) is 18.2 Å². The third-order valence-corrected chi connectivity index (χ3v) is 3.15. The summed E-state index contributed by atoms with van der Waals surface area (Å²) >= 11 is 0. The van der Waals surface area contributed by atoms with Gasteiger partial charge in [-0.05, 0) is 31.4 Å². The van der Waals surface area contributed by atoms with Crippen LogP contribution in [0.25, 0.3) is 0 Å². The SMILES string of the molecule is Cc1ccc(N)c(C(=O)N2CCC(C)C2)c1. The van der Waals surface area contributed by atoms with Gasteiger partial charge in [0.05, 0.1) is 5.56 Å². The van der Waals surface area contributed by atoms with Crippen LogP contribution in [0.2, 0.25) is 0 Å². The summed E-state index contributed by atoms with van der Waals surface area (Å²) < 4.78 is 0. The van der Waals surface area contributed by atoms with E-state index in [9.17, 15) is 4.79 Å². The minimum absolute atomic E-state index is 0.0746. The van der Waals surface area contributed by atoms with Crippen LogP contribution in [0.5, 0.6) is 0 Å². The zero-order chi connectivity index (χ0) is 11.7. The summed E-state index contributed by atoms with van der Waals surface area (Å²) in [6, 6.07) is 5.61. The number of rotatable bonds is 1. The molecule has 1 fully saturated rings. The highest BCUT2D eigenvalue weighted by atomic mass is 16.2. The van der Waals surface area contributed by atoms with Crippen molar-refractivity contribution in [3.8, 4) is 0 Å². The molecule has 0 aliphatic carbocycles. The number of nitrogens with two attached hydrogens (primary N) is 1. The Labute approximate surface area is 96.2 Å². The highest BCUT2D eigenvalue weighted by Crippen LogP contribution is 2.21. The third-order valence-electron chi connectivity index (χ3n) is 3.15. The number of hydrogen-bond acceptors (Lipinski definition) is 2. The van der Waals surface area contributed by atoms with Gasteiger partial charge in [0, 0.05) is 18.8 Å². The molecule has 86 valence electrons. The Hall–Kier alpha value is -1.51. The Kier molecular flexibility index (Phi) is 2.86. The first-order valence-corrected chi connectivity index (χ1v) is 5.73. The Bertz CT molecular complexity index is 414.